The second-order valence-electron chi connectivity index (χ2n) is 3.07. The van der Waals surface area contributed by atoms with E-state index >= 15 is 0 Å². The third-order valence-corrected chi connectivity index (χ3v) is 2.02. The normalized spacial score (nSPS) is 10.6. The fourth-order valence-corrected chi connectivity index (χ4v) is 1.25. The molecular weight excluding hydrogens is 202 g/mol. The number of benzene rings is 1. The Bertz CT molecular complexity index is 482. The van der Waals surface area contributed by atoms with Crippen molar-refractivity contribution in [1.82, 2.24) is 10.2 Å². The van der Waals surface area contributed by atoms with Crippen LogP contribution in [0.4, 0.5) is 8.78 Å². The Kier molecular flexibility index (Phi) is 2.47. The number of aliphatic hydroxyl groups excluding tert-OH is 1. The van der Waals surface area contributed by atoms with E-state index in [1.54, 1.807) is 6.07 Å². The highest BCUT2D eigenvalue weighted by Gasteiger charge is 2.07. The smallest absolute Gasteiger partial charge is 0.159 e. The molecule has 0 spiro atoms. The monoisotopic (exact) mass is 210 g/mol. The molecule has 5 heteroatoms. The Labute approximate surface area is 84.4 Å². The average molecular weight is 210 g/mol. The highest BCUT2D eigenvalue weighted by Crippen LogP contribution is 2.20. The maximum atomic E-state index is 12.9. The second kappa shape index (κ2) is 3.78. The Hall–Kier alpha value is -1.75. The summed E-state index contributed by atoms with van der Waals surface area (Å²) in [7, 11) is 0. The van der Waals surface area contributed by atoms with Crippen molar-refractivity contribution in [2.75, 3.05) is 0 Å². The fraction of sp³-hybridized carbons (Fsp3) is 0.100. The van der Waals surface area contributed by atoms with Crippen molar-refractivity contribution in [3.05, 3.63) is 41.6 Å². The summed E-state index contributed by atoms with van der Waals surface area (Å²) in [6.07, 6.45) is 0. The summed E-state index contributed by atoms with van der Waals surface area (Å²) in [6.45, 7) is -0.170. The van der Waals surface area contributed by atoms with Crippen LogP contribution in [-0.2, 0) is 6.61 Å². The summed E-state index contributed by atoms with van der Waals surface area (Å²) in [4.78, 5) is 0. The van der Waals surface area contributed by atoms with E-state index in [9.17, 15) is 8.78 Å². The molecule has 0 aliphatic rings. The first-order valence-electron chi connectivity index (χ1n) is 4.31. The van der Waals surface area contributed by atoms with Crippen molar-refractivity contribution >= 4 is 0 Å². The van der Waals surface area contributed by atoms with Crippen molar-refractivity contribution in [2.45, 2.75) is 6.61 Å². The van der Waals surface area contributed by atoms with Crippen molar-refractivity contribution in [3.8, 4) is 11.3 Å². The number of nitrogens with zero attached hydrogens (tertiary/aromatic N) is 1. The van der Waals surface area contributed by atoms with E-state index in [-0.39, 0.29) is 6.61 Å². The van der Waals surface area contributed by atoms with E-state index in [4.69, 9.17) is 5.11 Å². The summed E-state index contributed by atoms with van der Waals surface area (Å²) in [5.41, 5.74) is 1.46. The van der Waals surface area contributed by atoms with E-state index in [0.29, 0.717) is 17.0 Å². The molecule has 2 rings (SSSR count). The number of halogens is 2. The van der Waals surface area contributed by atoms with E-state index in [1.807, 2.05) is 0 Å². The third-order valence-electron chi connectivity index (χ3n) is 2.02. The number of aliphatic hydroxyl groups is 1. The zero-order valence-corrected chi connectivity index (χ0v) is 7.67. The maximum Gasteiger partial charge on any atom is 0.159 e. The molecular formula is C10H8F2N2O. The molecule has 2 N–H and O–H groups in total. The van der Waals surface area contributed by atoms with Crippen molar-refractivity contribution in [1.29, 1.82) is 0 Å². The van der Waals surface area contributed by atoms with Crippen LogP contribution in [0.3, 0.4) is 0 Å². The molecule has 1 aromatic carbocycles. The zero-order valence-electron chi connectivity index (χ0n) is 7.67. The molecule has 0 unspecified atom stereocenters. The molecule has 0 bridgehead atoms. The molecule has 0 atom stereocenters. The van der Waals surface area contributed by atoms with E-state index in [1.165, 1.54) is 6.07 Å². The van der Waals surface area contributed by atoms with Gasteiger partial charge in [0.15, 0.2) is 11.6 Å². The van der Waals surface area contributed by atoms with Gasteiger partial charge in [-0.1, -0.05) is 0 Å². The minimum Gasteiger partial charge on any atom is -0.390 e. The summed E-state index contributed by atoms with van der Waals surface area (Å²) >= 11 is 0. The number of aromatic amines is 1. The summed E-state index contributed by atoms with van der Waals surface area (Å²) in [6, 6.07) is 5.10. The third kappa shape index (κ3) is 1.87. The lowest BCUT2D eigenvalue weighted by Gasteiger charge is -1.96. The van der Waals surface area contributed by atoms with Gasteiger partial charge >= 0.3 is 0 Å². The van der Waals surface area contributed by atoms with Gasteiger partial charge in [0.2, 0.25) is 0 Å². The van der Waals surface area contributed by atoms with Gasteiger partial charge in [-0.05, 0) is 24.3 Å². The standard InChI is InChI=1S/C10H8F2N2O/c11-8-2-1-6(3-9(8)12)10-4-7(5-15)13-14-10/h1-4,15H,5H2,(H,13,14). The lowest BCUT2D eigenvalue weighted by molar-refractivity contribution is 0.276. The van der Waals surface area contributed by atoms with Gasteiger partial charge < -0.3 is 5.11 Å². The first-order chi connectivity index (χ1) is 7.20. The molecule has 0 aliphatic carbocycles. The van der Waals surface area contributed by atoms with Gasteiger partial charge in [0, 0.05) is 5.56 Å². The predicted molar refractivity (Wildman–Crippen MR) is 49.9 cm³/mol. The van der Waals surface area contributed by atoms with Crippen molar-refractivity contribution in [2.24, 2.45) is 0 Å². The van der Waals surface area contributed by atoms with Gasteiger partial charge in [-0.25, -0.2) is 8.78 Å². The van der Waals surface area contributed by atoms with Gasteiger partial charge in [-0.3, -0.25) is 5.10 Å². The molecule has 3 nitrogen and oxygen atoms in total. The van der Waals surface area contributed by atoms with Crippen LogP contribution < -0.4 is 0 Å². The predicted octanol–water partition coefficient (Wildman–Crippen LogP) is 1.85. The number of rotatable bonds is 2. The van der Waals surface area contributed by atoms with E-state index in [0.717, 1.165) is 12.1 Å². The van der Waals surface area contributed by atoms with Gasteiger partial charge in [0.1, 0.15) is 0 Å². The van der Waals surface area contributed by atoms with Crippen LogP contribution in [0, 0.1) is 11.6 Å². The lowest BCUT2D eigenvalue weighted by atomic mass is 10.1. The highest BCUT2D eigenvalue weighted by molar-refractivity contribution is 5.59. The number of nitrogens with one attached hydrogen (secondary N) is 1. The molecule has 78 valence electrons. The minimum atomic E-state index is -0.916. The zero-order chi connectivity index (χ0) is 10.8. The van der Waals surface area contributed by atoms with Crippen LogP contribution in [0.5, 0.6) is 0 Å². The molecule has 0 saturated carbocycles. The van der Waals surface area contributed by atoms with E-state index < -0.39 is 11.6 Å². The van der Waals surface area contributed by atoms with Crippen LogP contribution >= 0.6 is 0 Å². The molecule has 1 aromatic heterocycles. The van der Waals surface area contributed by atoms with Crippen molar-refractivity contribution < 1.29 is 13.9 Å². The average Bonchev–Trinajstić information content (AvgIpc) is 2.70. The van der Waals surface area contributed by atoms with Gasteiger partial charge in [0.25, 0.3) is 0 Å². The van der Waals surface area contributed by atoms with E-state index in [2.05, 4.69) is 10.2 Å². The lowest BCUT2D eigenvalue weighted by Crippen LogP contribution is -1.85. The van der Waals surface area contributed by atoms with Crippen LogP contribution in [0.15, 0.2) is 24.3 Å². The van der Waals surface area contributed by atoms with Gasteiger partial charge in [-0.2, -0.15) is 5.10 Å². The summed E-state index contributed by atoms with van der Waals surface area (Å²) < 4.78 is 25.5. The van der Waals surface area contributed by atoms with Crippen molar-refractivity contribution in [3.63, 3.8) is 0 Å². The molecule has 0 amide bonds. The first-order valence-corrected chi connectivity index (χ1v) is 4.31. The molecule has 0 aliphatic heterocycles. The topological polar surface area (TPSA) is 48.9 Å². The first kappa shape index (κ1) is 9.79. The second-order valence-corrected chi connectivity index (χ2v) is 3.07. The summed E-state index contributed by atoms with van der Waals surface area (Å²) in [5, 5.41) is 15.2. The molecule has 0 saturated heterocycles. The maximum absolute atomic E-state index is 12.9. The van der Waals surface area contributed by atoms with Crippen LogP contribution in [0.25, 0.3) is 11.3 Å². The summed E-state index contributed by atoms with van der Waals surface area (Å²) in [5.74, 6) is -1.81. The quantitative estimate of drug-likeness (QED) is 0.794. The van der Waals surface area contributed by atoms with Crippen LogP contribution in [0.2, 0.25) is 0 Å². The number of aromatic nitrogens is 2. The molecule has 1 heterocycles. The SMILES string of the molecule is OCc1cc(-c2ccc(F)c(F)c2)n[nH]1. The molecule has 2 aromatic rings. The number of H-pyrrole nitrogens is 1. The number of hydrogen-bond acceptors (Lipinski definition) is 2. The minimum absolute atomic E-state index is 0.170. The Morgan fingerprint density at radius 2 is 2.00 bits per heavy atom. The largest absolute Gasteiger partial charge is 0.390 e. The molecule has 15 heavy (non-hydrogen) atoms. The van der Waals surface area contributed by atoms with Crippen LogP contribution in [0.1, 0.15) is 5.69 Å². The Balaban J connectivity index is 2.40. The Morgan fingerprint density at radius 3 is 2.60 bits per heavy atom. The Morgan fingerprint density at radius 1 is 1.20 bits per heavy atom. The fourth-order valence-electron chi connectivity index (χ4n) is 1.25. The highest BCUT2D eigenvalue weighted by atomic mass is 19.2. The van der Waals surface area contributed by atoms with Crippen LogP contribution in [-0.4, -0.2) is 15.3 Å². The molecule has 0 radical (unpaired) electrons. The van der Waals surface area contributed by atoms with Gasteiger partial charge in [0.05, 0.1) is 18.0 Å². The van der Waals surface area contributed by atoms with Gasteiger partial charge in [-0.15, -0.1) is 0 Å². The number of hydrogen-bond donors (Lipinski definition) is 2. The molecule has 0 fully saturated rings.